The highest BCUT2D eigenvalue weighted by Crippen LogP contribution is 2.46. The molecule has 4 nitrogen and oxygen atoms in total. The number of allylic oxidation sites excluding steroid dienone is 5. The Hall–Kier alpha value is -2.79. The smallest absolute Gasteiger partial charge is 0.166 e. The molecule has 2 heterocycles. The van der Waals surface area contributed by atoms with Crippen LogP contribution in [0.25, 0.3) is 5.57 Å². The van der Waals surface area contributed by atoms with E-state index in [1.807, 2.05) is 6.08 Å². The van der Waals surface area contributed by atoms with Gasteiger partial charge in [0.15, 0.2) is 5.82 Å². The van der Waals surface area contributed by atoms with Gasteiger partial charge in [-0.15, -0.1) is 0 Å². The first-order valence-electron chi connectivity index (χ1n) is 8.00. The summed E-state index contributed by atoms with van der Waals surface area (Å²) >= 11 is 1.64. The summed E-state index contributed by atoms with van der Waals surface area (Å²) in [6.07, 6.45) is 10.4. The molecule has 0 saturated heterocycles. The molecule has 0 saturated carbocycles. The van der Waals surface area contributed by atoms with Crippen LogP contribution >= 0.6 is 11.8 Å². The van der Waals surface area contributed by atoms with Gasteiger partial charge >= 0.3 is 0 Å². The molecule has 25 heavy (non-hydrogen) atoms. The van der Waals surface area contributed by atoms with Crippen LogP contribution in [-0.4, -0.2) is 16.5 Å². The standard InChI is InChI=1S/C20H20N4S/c1-4-15(7-6-10-21)14(3)16-8-9-18-17(13-16)24(5-2)19-20(25-18)23-12-11-22-19/h4,6-13H,1,3,5,21H2,2H3/b10-6-,15-7+. The van der Waals surface area contributed by atoms with Crippen molar-refractivity contribution in [1.29, 1.82) is 0 Å². The molecule has 0 radical (unpaired) electrons. The second kappa shape index (κ2) is 7.40. The minimum Gasteiger partial charge on any atom is -0.405 e. The summed E-state index contributed by atoms with van der Waals surface area (Å²) in [5.41, 5.74) is 9.44. The van der Waals surface area contributed by atoms with Gasteiger partial charge in [-0.3, -0.25) is 0 Å². The van der Waals surface area contributed by atoms with Crippen LogP contribution in [0.5, 0.6) is 0 Å². The predicted octanol–water partition coefficient (Wildman–Crippen LogP) is 4.70. The number of fused-ring (bicyclic) bond motifs is 2. The van der Waals surface area contributed by atoms with Gasteiger partial charge in [-0.2, -0.15) is 0 Å². The molecule has 0 amide bonds. The van der Waals surface area contributed by atoms with Gasteiger partial charge in [-0.1, -0.05) is 43.1 Å². The van der Waals surface area contributed by atoms with Gasteiger partial charge in [0.2, 0.25) is 0 Å². The zero-order valence-electron chi connectivity index (χ0n) is 14.1. The van der Waals surface area contributed by atoms with Crippen LogP contribution in [-0.2, 0) is 0 Å². The van der Waals surface area contributed by atoms with E-state index in [2.05, 4.69) is 53.1 Å². The Labute approximate surface area is 152 Å². The van der Waals surface area contributed by atoms with E-state index < -0.39 is 0 Å². The predicted molar refractivity (Wildman–Crippen MR) is 106 cm³/mol. The highest BCUT2D eigenvalue weighted by atomic mass is 32.2. The lowest BCUT2D eigenvalue weighted by Gasteiger charge is -2.30. The van der Waals surface area contributed by atoms with Crippen molar-refractivity contribution < 1.29 is 0 Å². The molecule has 1 aliphatic heterocycles. The molecule has 0 fully saturated rings. The van der Waals surface area contributed by atoms with Gasteiger partial charge in [-0.25, -0.2) is 9.97 Å². The van der Waals surface area contributed by atoms with E-state index >= 15 is 0 Å². The number of rotatable bonds is 5. The van der Waals surface area contributed by atoms with Crippen LogP contribution < -0.4 is 10.6 Å². The maximum absolute atomic E-state index is 5.43. The van der Waals surface area contributed by atoms with Gasteiger partial charge < -0.3 is 10.6 Å². The van der Waals surface area contributed by atoms with Crippen LogP contribution in [0.2, 0.25) is 0 Å². The van der Waals surface area contributed by atoms with Crippen LogP contribution in [0.4, 0.5) is 11.5 Å². The van der Waals surface area contributed by atoms with Crippen molar-refractivity contribution in [3.05, 3.63) is 79.3 Å². The van der Waals surface area contributed by atoms with Crippen LogP contribution in [0.15, 0.2) is 83.7 Å². The Kier molecular flexibility index (Phi) is 5.05. The number of hydrogen-bond donors (Lipinski definition) is 1. The first-order chi connectivity index (χ1) is 12.2. The number of benzene rings is 1. The first-order valence-corrected chi connectivity index (χ1v) is 8.82. The van der Waals surface area contributed by atoms with E-state index in [9.17, 15) is 0 Å². The number of aromatic nitrogens is 2. The molecule has 0 bridgehead atoms. The number of nitrogens with two attached hydrogens (primary N) is 1. The van der Waals surface area contributed by atoms with Gasteiger partial charge in [0.1, 0.15) is 5.03 Å². The Bertz CT molecular complexity index is 883. The number of hydrogen-bond acceptors (Lipinski definition) is 5. The molecule has 0 unspecified atom stereocenters. The summed E-state index contributed by atoms with van der Waals surface area (Å²) in [6.45, 7) is 11.0. The molecule has 126 valence electrons. The summed E-state index contributed by atoms with van der Waals surface area (Å²) in [7, 11) is 0. The Morgan fingerprint density at radius 2 is 2.12 bits per heavy atom. The van der Waals surface area contributed by atoms with Crippen molar-refractivity contribution in [2.45, 2.75) is 16.8 Å². The Morgan fingerprint density at radius 3 is 2.84 bits per heavy atom. The van der Waals surface area contributed by atoms with E-state index in [0.29, 0.717) is 0 Å². The lowest BCUT2D eigenvalue weighted by atomic mass is 9.98. The van der Waals surface area contributed by atoms with E-state index in [1.54, 1.807) is 36.3 Å². The van der Waals surface area contributed by atoms with Crippen LogP contribution in [0.3, 0.4) is 0 Å². The quantitative estimate of drug-likeness (QED) is 0.794. The lowest BCUT2D eigenvalue weighted by Crippen LogP contribution is -2.21. The molecule has 5 heteroatoms. The molecular weight excluding hydrogens is 328 g/mol. The molecule has 1 aromatic carbocycles. The molecule has 0 spiro atoms. The minimum atomic E-state index is 0.815. The molecule has 0 aliphatic carbocycles. The Morgan fingerprint density at radius 1 is 1.32 bits per heavy atom. The van der Waals surface area contributed by atoms with Crippen molar-refractivity contribution in [1.82, 2.24) is 9.97 Å². The maximum atomic E-state index is 5.43. The van der Waals surface area contributed by atoms with Crippen LogP contribution in [0.1, 0.15) is 12.5 Å². The minimum absolute atomic E-state index is 0.815. The highest BCUT2D eigenvalue weighted by Gasteiger charge is 2.25. The van der Waals surface area contributed by atoms with Crippen molar-refractivity contribution in [2.24, 2.45) is 5.73 Å². The van der Waals surface area contributed by atoms with Gasteiger partial charge in [0.25, 0.3) is 0 Å². The second-order valence-corrected chi connectivity index (χ2v) is 6.43. The topological polar surface area (TPSA) is 55.0 Å². The fourth-order valence-electron chi connectivity index (χ4n) is 2.73. The third kappa shape index (κ3) is 3.23. The average Bonchev–Trinajstić information content (AvgIpc) is 2.66. The van der Waals surface area contributed by atoms with E-state index in [0.717, 1.165) is 44.7 Å². The third-order valence-electron chi connectivity index (χ3n) is 3.98. The average molecular weight is 348 g/mol. The molecule has 1 aliphatic rings. The normalized spacial score (nSPS) is 13.5. The summed E-state index contributed by atoms with van der Waals surface area (Å²) in [4.78, 5) is 12.3. The molecule has 2 N–H and O–H groups in total. The fourth-order valence-corrected chi connectivity index (χ4v) is 3.72. The lowest BCUT2D eigenvalue weighted by molar-refractivity contribution is 0.905. The van der Waals surface area contributed by atoms with Crippen molar-refractivity contribution >= 4 is 28.8 Å². The number of anilines is 2. The van der Waals surface area contributed by atoms with Crippen molar-refractivity contribution in [3.63, 3.8) is 0 Å². The molecule has 1 aromatic heterocycles. The van der Waals surface area contributed by atoms with Crippen molar-refractivity contribution in [2.75, 3.05) is 11.4 Å². The van der Waals surface area contributed by atoms with E-state index in [1.165, 1.54) is 6.20 Å². The van der Waals surface area contributed by atoms with E-state index in [4.69, 9.17) is 5.73 Å². The molecule has 3 rings (SSSR count). The summed E-state index contributed by atoms with van der Waals surface area (Å²) in [5.74, 6) is 0.899. The highest BCUT2D eigenvalue weighted by molar-refractivity contribution is 7.99. The van der Waals surface area contributed by atoms with Crippen molar-refractivity contribution in [3.8, 4) is 0 Å². The third-order valence-corrected chi connectivity index (χ3v) is 5.03. The zero-order valence-corrected chi connectivity index (χ0v) is 15.0. The molecule has 2 aromatic rings. The summed E-state index contributed by atoms with van der Waals surface area (Å²) in [6, 6.07) is 6.34. The molecular formula is C20H20N4S. The van der Waals surface area contributed by atoms with Gasteiger partial charge in [0, 0.05) is 23.8 Å². The SMILES string of the molecule is C=C/C(=C\C=C/N)C(=C)c1ccc2c(c1)N(CC)c1nccnc1S2. The van der Waals surface area contributed by atoms with Crippen LogP contribution in [0, 0.1) is 0 Å². The van der Waals surface area contributed by atoms with Gasteiger partial charge in [0.05, 0.1) is 5.69 Å². The van der Waals surface area contributed by atoms with Gasteiger partial charge in [-0.05, 0) is 48.0 Å². The Balaban J connectivity index is 2.03. The molecule has 0 atom stereocenters. The monoisotopic (exact) mass is 348 g/mol. The van der Waals surface area contributed by atoms with E-state index in [-0.39, 0.29) is 0 Å². The summed E-state index contributed by atoms with van der Waals surface area (Å²) < 4.78 is 0. The largest absolute Gasteiger partial charge is 0.405 e. The zero-order chi connectivity index (χ0) is 17.8. The first kappa shape index (κ1) is 17.0. The second-order valence-electron chi connectivity index (χ2n) is 5.40. The maximum Gasteiger partial charge on any atom is 0.166 e. The fraction of sp³-hybridized carbons (Fsp3) is 0.100. The number of nitrogens with zero attached hydrogens (tertiary/aromatic N) is 3. The summed E-state index contributed by atoms with van der Waals surface area (Å²) in [5, 5.41) is 0.934.